The zero-order chi connectivity index (χ0) is 19.8. The number of carbonyl (C=O) groups is 1. The molecule has 3 rings (SSSR count). The fraction of sp³-hybridized carbons (Fsp3) is 0.240. The van der Waals surface area contributed by atoms with Gasteiger partial charge in [-0.1, -0.05) is 74.5 Å². The van der Waals surface area contributed by atoms with Crippen LogP contribution < -0.4 is 0 Å². The average molecular weight is 373 g/mol. The van der Waals surface area contributed by atoms with Crippen molar-refractivity contribution in [1.82, 2.24) is 9.47 Å². The smallest absolute Gasteiger partial charge is 0.246 e. The maximum Gasteiger partial charge on any atom is 0.246 e. The van der Waals surface area contributed by atoms with Crippen molar-refractivity contribution < 1.29 is 4.79 Å². The molecule has 0 N–H and O–H groups in total. The van der Waals surface area contributed by atoms with Crippen LogP contribution in [0, 0.1) is 5.92 Å². The number of benzene rings is 2. The molecule has 0 saturated carbocycles. The highest BCUT2D eigenvalue weighted by Gasteiger charge is 2.15. The van der Waals surface area contributed by atoms with E-state index in [1.54, 1.807) is 6.08 Å². The predicted molar refractivity (Wildman–Crippen MR) is 116 cm³/mol. The van der Waals surface area contributed by atoms with E-state index in [0.717, 1.165) is 24.3 Å². The Balaban J connectivity index is 1.73. The molecule has 1 amide bonds. The lowest BCUT2D eigenvalue weighted by Crippen LogP contribution is -2.33. The van der Waals surface area contributed by atoms with Crippen LogP contribution in [0.25, 0.3) is 6.08 Å². The van der Waals surface area contributed by atoms with Gasteiger partial charge < -0.3 is 9.47 Å². The Bertz CT molecular complexity index is 895. The Kier molecular flexibility index (Phi) is 6.85. The third-order valence-electron chi connectivity index (χ3n) is 4.59. The Labute approximate surface area is 167 Å². The Morgan fingerprint density at radius 3 is 2.32 bits per heavy atom. The highest BCUT2D eigenvalue weighted by Crippen LogP contribution is 2.13. The normalized spacial score (nSPS) is 11.2. The van der Waals surface area contributed by atoms with E-state index < -0.39 is 0 Å². The fourth-order valence-corrected chi connectivity index (χ4v) is 3.23. The Morgan fingerprint density at radius 1 is 0.964 bits per heavy atom. The second-order valence-corrected chi connectivity index (χ2v) is 7.47. The van der Waals surface area contributed by atoms with Crippen LogP contribution in [0.15, 0.2) is 85.1 Å². The summed E-state index contributed by atoms with van der Waals surface area (Å²) in [6.45, 7) is 6.44. The number of aromatic nitrogens is 1. The number of hydrogen-bond acceptors (Lipinski definition) is 1. The van der Waals surface area contributed by atoms with Gasteiger partial charge in [0.2, 0.25) is 5.91 Å². The van der Waals surface area contributed by atoms with E-state index in [4.69, 9.17) is 0 Å². The molecule has 0 unspecified atom stereocenters. The van der Waals surface area contributed by atoms with Crippen molar-refractivity contribution in [3.05, 3.63) is 102 Å². The molecule has 0 bridgehead atoms. The van der Waals surface area contributed by atoms with Crippen molar-refractivity contribution in [3.8, 4) is 0 Å². The summed E-state index contributed by atoms with van der Waals surface area (Å²) in [7, 11) is 0. The second kappa shape index (κ2) is 9.75. The van der Waals surface area contributed by atoms with E-state index in [1.807, 2.05) is 47.4 Å². The van der Waals surface area contributed by atoms with Crippen LogP contribution in [0.5, 0.6) is 0 Å². The molecular formula is C25H28N2O. The fourth-order valence-electron chi connectivity index (χ4n) is 3.23. The van der Waals surface area contributed by atoms with Gasteiger partial charge in [-0.25, -0.2) is 0 Å². The Morgan fingerprint density at radius 2 is 1.64 bits per heavy atom. The number of carbonyl (C=O) groups excluding carboxylic acids is 1. The molecule has 0 aliphatic heterocycles. The molecule has 28 heavy (non-hydrogen) atoms. The van der Waals surface area contributed by atoms with Crippen LogP contribution in [0.1, 0.15) is 30.7 Å². The maximum absolute atomic E-state index is 12.9. The van der Waals surface area contributed by atoms with E-state index in [2.05, 4.69) is 61.0 Å². The van der Waals surface area contributed by atoms with Gasteiger partial charge in [-0.05, 0) is 35.3 Å². The highest BCUT2D eigenvalue weighted by atomic mass is 16.2. The van der Waals surface area contributed by atoms with Crippen molar-refractivity contribution >= 4 is 12.0 Å². The molecule has 144 valence electrons. The van der Waals surface area contributed by atoms with E-state index in [1.165, 1.54) is 5.56 Å². The van der Waals surface area contributed by atoms with Gasteiger partial charge in [0.05, 0.1) is 6.54 Å². The lowest BCUT2D eigenvalue weighted by Gasteiger charge is -2.24. The number of nitrogens with zero attached hydrogens (tertiary/aromatic N) is 2. The lowest BCUT2D eigenvalue weighted by atomic mass is 10.1. The topological polar surface area (TPSA) is 25.2 Å². The summed E-state index contributed by atoms with van der Waals surface area (Å²) >= 11 is 0. The van der Waals surface area contributed by atoms with E-state index in [0.29, 0.717) is 12.5 Å². The summed E-state index contributed by atoms with van der Waals surface area (Å²) in [5.74, 6) is 0.455. The van der Waals surface area contributed by atoms with Crippen LogP contribution in [0.3, 0.4) is 0 Å². The molecule has 0 fully saturated rings. The second-order valence-electron chi connectivity index (χ2n) is 7.47. The summed E-state index contributed by atoms with van der Waals surface area (Å²) in [5, 5.41) is 0. The van der Waals surface area contributed by atoms with E-state index in [-0.39, 0.29) is 5.91 Å². The van der Waals surface area contributed by atoms with Crippen LogP contribution in [-0.2, 0) is 17.9 Å². The Hall–Kier alpha value is -3.07. The van der Waals surface area contributed by atoms with Gasteiger partial charge in [0.15, 0.2) is 0 Å². The van der Waals surface area contributed by atoms with Gasteiger partial charge in [-0.2, -0.15) is 0 Å². The molecule has 3 aromatic rings. The van der Waals surface area contributed by atoms with E-state index in [9.17, 15) is 4.79 Å². The van der Waals surface area contributed by atoms with Crippen LogP contribution in [-0.4, -0.2) is 21.9 Å². The molecule has 0 atom stereocenters. The quantitative estimate of drug-likeness (QED) is 0.497. The van der Waals surface area contributed by atoms with Gasteiger partial charge in [0.1, 0.15) is 0 Å². The number of hydrogen-bond donors (Lipinski definition) is 0. The third-order valence-corrected chi connectivity index (χ3v) is 4.59. The monoisotopic (exact) mass is 372 g/mol. The van der Waals surface area contributed by atoms with Gasteiger partial charge in [-0.15, -0.1) is 0 Å². The molecule has 0 radical (unpaired) electrons. The first-order chi connectivity index (χ1) is 13.6. The first kappa shape index (κ1) is 19.7. The number of rotatable bonds is 8. The first-order valence-electron chi connectivity index (χ1n) is 9.82. The van der Waals surface area contributed by atoms with Crippen molar-refractivity contribution in [3.63, 3.8) is 0 Å². The average Bonchev–Trinajstić information content (AvgIpc) is 3.13. The van der Waals surface area contributed by atoms with Crippen molar-refractivity contribution in [2.45, 2.75) is 26.9 Å². The SMILES string of the molecule is CC(C)CN(Cc1cccn1Cc1ccccc1)C(=O)C=Cc1ccccc1. The van der Waals surface area contributed by atoms with Gasteiger partial charge in [-0.3, -0.25) is 4.79 Å². The van der Waals surface area contributed by atoms with Gasteiger partial charge in [0.25, 0.3) is 0 Å². The lowest BCUT2D eigenvalue weighted by molar-refractivity contribution is -0.127. The summed E-state index contributed by atoms with van der Waals surface area (Å²) in [6.07, 6.45) is 5.65. The van der Waals surface area contributed by atoms with Crippen LogP contribution >= 0.6 is 0 Å². The molecule has 0 spiro atoms. The number of amides is 1. The molecule has 0 aliphatic carbocycles. The molecule has 2 aromatic carbocycles. The molecule has 0 saturated heterocycles. The minimum atomic E-state index is 0.0463. The predicted octanol–water partition coefficient (Wildman–Crippen LogP) is 5.23. The minimum absolute atomic E-state index is 0.0463. The van der Waals surface area contributed by atoms with Crippen LogP contribution in [0.2, 0.25) is 0 Å². The van der Waals surface area contributed by atoms with Crippen LogP contribution in [0.4, 0.5) is 0 Å². The maximum atomic E-state index is 12.9. The molecule has 1 heterocycles. The van der Waals surface area contributed by atoms with Crippen molar-refractivity contribution in [2.75, 3.05) is 6.54 Å². The third kappa shape index (κ3) is 5.71. The molecule has 3 heteroatoms. The summed E-state index contributed by atoms with van der Waals surface area (Å²) < 4.78 is 2.22. The minimum Gasteiger partial charge on any atom is -0.345 e. The standard InChI is InChI=1S/C25H28N2O/c1-21(2)18-27(25(28)16-15-22-10-5-3-6-11-22)20-24-14-9-17-26(24)19-23-12-7-4-8-13-23/h3-17,21H,18-20H2,1-2H3. The van der Waals surface area contributed by atoms with E-state index >= 15 is 0 Å². The van der Waals surface area contributed by atoms with Gasteiger partial charge in [0, 0.05) is 31.1 Å². The van der Waals surface area contributed by atoms with Gasteiger partial charge >= 0.3 is 0 Å². The molecular weight excluding hydrogens is 344 g/mol. The summed E-state index contributed by atoms with van der Waals surface area (Å²) in [4.78, 5) is 14.8. The van der Waals surface area contributed by atoms with Crippen molar-refractivity contribution in [2.24, 2.45) is 5.92 Å². The zero-order valence-electron chi connectivity index (χ0n) is 16.7. The highest BCUT2D eigenvalue weighted by molar-refractivity contribution is 5.91. The largest absolute Gasteiger partial charge is 0.345 e. The van der Waals surface area contributed by atoms with Crippen molar-refractivity contribution in [1.29, 1.82) is 0 Å². The first-order valence-corrected chi connectivity index (χ1v) is 9.82. The summed E-state index contributed by atoms with van der Waals surface area (Å²) in [6, 6.07) is 24.5. The zero-order valence-corrected chi connectivity index (χ0v) is 16.7. The molecule has 3 nitrogen and oxygen atoms in total. The molecule has 1 aromatic heterocycles. The summed E-state index contributed by atoms with van der Waals surface area (Å²) in [5.41, 5.74) is 3.43. The molecule has 0 aliphatic rings.